The standard InChI is InChI=1S/C17H16BrN3O3/c1-17(15(22)20-10-11-5-7-12(18)8-6-11)16(23)21(2)14-13(24-17)4-3-9-19-14/h3-9H,10H2,1-2H3,(H,20,22). The molecule has 24 heavy (non-hydrogen) atoms. The van der Waals surface area contributed by atoms with Gasteiger partial charge in [-0.2, -0.15) is 0 Å². The monoisotopic (exact) mass is 389 g/mol. The van der Waals surface area contributed by atoms with E-state index in [9.17, 15) is 9.59 Å². The summed E-state index contributed by atoms with van der Waals surface area (Å²) in [6, 6.07) is 10.9. The Morgan fingerprint density at radius 2 is 2.04 bits per heavy atom. The van der Waals surface area contributed by atoms with Crippen molar-refractivity contribution in [3.63, 3.8) is 0 Å². The Balaban J connectivity index is 1.78. The summed E-state index contributed by atoms with van der Waals surface area (Å²) in [5.41, 5.74) is -0.700. The number of anilines is 1. The molecule has 1 aromatic carbocycles. The zero-order valence-corrected chi connectivity index (χ0v) is 14.8. The van der Waals surface area contributed by atoms with Crippen LogP contribution in [0.2, 0.25) is 0 Å². The summed E-state index contributed by atoms with van der Waals surface area (Å²) in [7, 11) is 1.58. The molecule has 0 spiro atoms. The predicted octanol–water partition coefficient (Wildman–Crippen LogP) is 2.27. The number of hydrogen-bond acceptors (Lipinski definition) is 4. The lowest BCUT2D eigenvalue weighted by Crippen LogP contribution is -2.61. The number of fused-ring (bicyclic) bond motifs is 1. The molecule has 7 heteroatoms. The largest absolute Gasteiger partial charge is 0.464 e. The Morgan fingerprint density at radius 1 is 1.33 bits per heavy atom. The molecule has 1 aromatic heterocycles. The van der Waals surface area contributed by atoms with Gasteiger partial charge in [0.05, 0.1) is 0 Å². The number of amides is 2. The molecular weight excluding hydrogens is 374 g/mol. The fraction of sp³-hybridized carbons (Fsp3) is 0.235. The summed E-state index contributed by atoms with van der Waals surface area (Å²) in [5, 5.41) is 2.76. The molecule has 0 bridgehead atoms. The van der Waals surface area contributed by atoms with Crippen LogP contribution in [0.4, 0.5) is 5.82 Å². The molecule has 0 saturated carbocycles. The van der Waals surface area contributed by atoms with E-state index in [2.05, 4.69) is 26.2 Å². The van der Waals surface area contributed by atoms with Crippen molar-refractivity contribution in [3.05, 3.63) is 52.6 Å². The van der Waals surface area contributed by atoms with Crippen LogP contribution in [-0.2, 0) is 16.1 Å². The third-order valence-electron chi connectivity index (χ3n) is 3.90. The van der Waals surface area contributed by atoms with Crippen molar-refractivity contribution >= 4 is 33.6 Å². The Hall–Kier alpha value is -2.41. The van der Waals surface area contributed by atoms with Crippen LogP contribution in [0.25, 0.3) is 0 Å². The summed E-state index contributed by atoms with van der Waals surface area (Å²) >= 11 is 3.36. The molecule has 0 aliphatic carbocycles. The van der Waals surface area contributed by atoms with Crippen LogP contribution in [0.1, 0.15) is 12.5 Å². The minimum atomic E-state index is -1.62. The lowest BCUT2D eigenvalue weighted by molar-refractivity contribution is -0.148. The smallest absolute Gasteiger partial charge is 0.281 e. The molecule has 3 rings (SSSR count). The second kappa shape index (κ2) is 6.24. The number of ether oxygens (including phenoxy) is 1. The maximum absolute atomic E-state index is 12.6. The van der Waals surface area contributed by atoms with Crippen molar-refractivity contribution in [2.75, 3.05) is 11.9 Å². The van der Waals surface area contributed by atoms with E-state index >= 15 is 0 Å². The number of carbonyl (C=O) groups excluding carboxylic acids is 2. The Labute approximate surface area is 148 Å². The number of pyridine rings is 1. The normalized spacial score (nSPS) is 19.5. The van der Waals surface area contributed by atoms with Gasteiger partial charge in [0.2, 0.25) is 0 Å². The van der Waals surface area contributed by atoms with Crippen LogP contribution in [0.15, 0.2) is 47.1 Å². The number of hydrogen-bond donors (Lipinski definition) is 1. The average molecular weight is 390 g/mol. The van der Waals surface area contributed by atoms with Gasteiger partial charge in [-0.15, -0.1) is 0 Å². The number of nitrogens with zero attached hydrogens (tertiary/aromatic N) is 2. The van der Waals surface area contributed by atoms with E-state index < -0.39 is 17.4 Å². The van der Waals surface area contributed by atoms with E-state index in [1.807, 2.05) is 24.3 Å². The van der Waals surface area contributed by atoms with Gasteiger partial charge in [-0.3, -0.25) is 14.5 Å². The fourth-order valence-electron chi connectivity index (χ4n) is 2.49. The lowest BCUT2D eigenvalue weighted by Gasteiger charge is -2.36. The number of nitrogens with one attached hydrogen (secondary N) is 1. The number of rotatable bonds is 3. The second-order valence-electron chi connectivity index (χ2n) is 5.63. The molecule has 1 aliphatic heterocycles. The van der Waals surface area contributed by atoms with Gasteiger partial charge in [-0.1, -0.05) is 28.1 Å². The van der Waals surface area contributed by atoms with Gasteiger partial charge in [0.25, 0.3) is 17.4 Å². The molecule has 0 radical (unpaired) electrons. The lowest BCUT2D eigenvalue weighted by atomic mass is 10.0. The average Bonchev–Trinajstić information content (AvgIpc) is 2.59. The maximum Gasteiger partial charge on any atom is 0.281 e. The van der Waals surface area contributed by atoms with E-state index in [0.29, 0.717) is 18.1 Å². The van der Waals surface area contributed by atoms with Gasteiger partial charge in [-0.25, -0.2) is 4.98 Å². The van der Waals surface area contributed by atoms with Crippen molar-refractivity contribution in [1.82, 2.24) is 10.3 Å². The van der Waals surface area contributed by atoms with E-state index in [4.69, 9.17) is 4.74 Å². The summed E-state index contributed by atoms with van der Waals surface area (Å²) in [6.07, 6.45) is 1.57. The van der Waals surface area contributed by atoms with E-state index in [1.54, 1.807) is 25.4 Å². The maximum atomic E-state index is 12.6. The highest BCUT2D eigenvalue weighted by atomic mass is 79.9. The molecule has 0 fully saturated rings. The topological polar surface area (TPSA) is 71.5 Å². The first-order chi connectivity index (χ1) is 11.4. The number of halogens is 1. The van der Waals surface area contributed by atoms with Gasteiger partial charge in [0.1, 0.15) is 0 Å². The van der Waals surface area contributed by atoms with Crippen molar-refractivity contribution in [2.45, 2.75) is 19.1 Å². The van der Waals surface area contributed by atoms with E-state index in [1.165, 1.54) is 11.8 Å². The van der Waals surface area contributed by atoms with Gasteiger partial charge in [0, 0.05) is 24.3 Å². The molecule has 1 atom stereocenters. The third kappa shape index (κ3) is 2.87. The first kappa shape index (κ1) is 16.4. The highest BCUT2D eigenvalue weighted by Gasteiger charge is 2.50. The minimum absolute atomic E-state index is 0.307. The fourth-order valence-corrected chi connectivity index (χ4v) is 2.75. The van der Waals surface area contributed by atoms with Crippen LogP contribution in [0.5, 0.6) is 5.75 Å². The summed E-state index contributed by atoms with van der Waals surface area (Å²) < 4.78 is 6.66. The van der Waals surface area contributed by atoms with Crippen LogP contribution in [0, 0.1) is 0 Å². The molecule has 2 amide bonds. The summed E-state index contributed by atoms with van der Waals surface area (Å²) in [5.74, 6) is -0.139. The molecule has 2 heterocycles. The van der Waals surface area contributed by atoms with E-state index in [0.717, 1.165) is 10.0 Å². The molecule has 0 saturated heterocycles. The first-order valence-electron chi connectivity index (χ1n) is 7.37. The van der Waals surface area contributed by atoms with Crippen LogP contribution in [-0.4, -0.2) is 29.4 Å². The molecule has 1 N–H and O–H groups in total. The molecule has 124 valence electrons. The summed E-state index contributed by atoms with van der Waals surface area (Å²) in [6.45, 7) is 1.78. The van der Waals surface area contributed by atoms with Crippen molar-refractivity contribution in [2.24, 2.45) is 0 Å². The summed E-state index contributed by atoms with van der Waals surface area (Å²) in [4.78, 5) is 30.7. The highest BCUT2D eigenvalue weighted by molar-refractivity contribution is 9.10. The van der Waals surface area contributed by atoms with Crippen LogP contribution >= 0.6 is 15.9 Å². The molecule has 6 nitrogen and oxygen atoms in total. The molecule has 1 aliphatic rings. The quantitative estimate of drug-likeness (QED) is 0.817. The Kier molecular flexibility index (Phi) is 4.28. The molecule has 2 aromatic rings. The minimum Gasteiger partial charge on any atom is -0.464 e. The zero-order valence-electron chi connectivity index (χ0n) is 13.2. The number of carbonyl (C=O) groups is 2. The number of aromatic nitrogens is 1. The SMILES string of the molecule is CN1C(=O)C(C)(C(=O)NCc2ccc(Br)cc2)Oc2cccnc21. The van der Waals surface area contributed by atoms with E-state index in [-0.39, 0.29) is 0 Å². The third-order valence-corrected chi connectivity index (χ3v) is 4.42. The Morgan fingerprint density at radius 3 is 2.75 bits per heavy atom. The van der Waals surface area contributed by atoms with Crippen molar-refractivity contribution in [3.8, 4) is 5.75 Å². The number of likely N-dealkylation sites (N-methyl/N-ethyl adjacent to an activating group) is 1. The first-order valence-corrected chi connectivity index (χ1v) is 8.16. The predicted molar refractivity (Wildman–Crippen MR) is 92.7 cm³/mol. The van der Waals surface area contributed by atoms with Crippen LogP contribution < -0.4 is 15.0 Å². The Bertz CT molecular complexity index is 794. The van der Waals surface area contributed by atoms with Gasteiger partial charge in [-0.05, 0) is 36.8 Å². The van der Waals surface area contributed by atoms with Gasteiger partial charge in [0.15, 0.2) is 11.6 Å². The number of benzene rings is 1. The molecular formula is C17H16BrN3O3. The highest BCUT2D eigenvalue weighted by Crippen LogP contribution is 2.35. The van der Waals surface area contributed by atoms with Gasteiger partial charge >= 0.3 is 0 Å². The van der Waals surface area contributed by atoms with Gasteiger partial charge < -0.3 is 10.1 Å². The van der Waals surface area contributed by atoms with Crippen LogP contribution in [0.3, 0.4) is 0 Å². The molecule has 1 unspecified atom stereocenters. The van der Waals surface area contributed by atoms with Crippen molar-refractivity contribution < 1.29 is 14.3 Å². The van der Waals surface area contributed by atoms with Crippen molar-refractivity contribution in [1.29, 1.82) is 0 Å². The second-order valence-corrected chi connectivity index (χ2v) is 6.55. The zero-order chi connectivity index (χ0) is 17.3.